The van der Waals surface area contributed by atoms with Gasteiger partial charge in [-0.15, -0.1) is 0 Å². The average Bonchev–Trinajstić information content (AvgIpc) is 2.86. The van der Waals surface area contributed by atoms with Crippen LogP contribution in [0.1, 0.15) is 32.0 Å². The molecule has 96 valence electrons. The van der Waals surface area contributed by atoms with Gasteiger partial charge in [-0.3, -0.25) is 4.68 Å². The highest BCUT2D eigenvalue weighted by atomic mass is 35.5. The van der Waals surface area contributed by atoms with Gasteiger partial charge in [-0.2, -0.15) is 5.10 Å². The topological polar surface area (TPSA) is 27.1 Å². The van der Waals surface area contributed by atoms with Crippen LogP contribution in [0, 0.1) is 0 Å². The predicted molar refractivity (Wildman–Crippen MR) is 73.0 cm³/mol. The lowest BCUT2D eigenvalue weighted by Crippen LogP contribution is -2.05. The van der Waals surface area contributed by atoms with Crippen molar-refractivity contribution in [3.63, 3.8) is 0 Å². The van der Waals surface area contributed by atoms with Gasteiger partial charge in [-0.05, 0) is 31.5 Å². The molecule has 0 saturated carbocycles. The standard InChI is InChI=1S/C14H17ClN2O/c1-3-11(2)17-9-8-12(16-17)10-18-14-7-5-4-6-13(14)15/h4-9,11H,3,10H2,1-2H3. The van der Waals surface area contributed by atoms with Crippen molar-refractivity contribution < 1.29 is 4.74 Å². The van der Waals surface area contributed by atoms with Crippen LogP contribution in [0.15, 0.2) is 36.5 Å². The van der Waals surface area contributed by atoms with Crippen molar-refractivity contribution in [2.24, 2.45) is 0 Å². The molecule has 0 saturated heterocycles. The number of nitrogens with zero attached hydrogens (tertiary/aromatic N) is 2. The van der Waals surface area contributed by atoms with E-state index in [1.807, 2.05) is 41.2 Å². The summed E-state index contributed by atoms with van der Waals surface area (Å²) < 4.78 is 7.61. The van der Waals surface area contributed by atoms with Crippen LogP contribution < -0.4 is 4.74 Å². The summed E-state index contributed by atoms with van der Waals surface area (Å²) in [5.41, 5.74) is 0.912. The Balaban J connectivity index is 1.98. The van der Waals surface area contributed by atoms with E-state index in [-0.39, 0.29) is 0 Å². The second-order valence-electron chi connectivity index (χ2n) is 4.26. The monoisotopic (exact) mass is 264 g/mol. The van der Waals surface area contributed by atoms with Gasteiger partial charge in [0.2, 0.25) is 0 Å². The quantitative estimate of drug-likeness (QED) is 0.813. The van der Waals surface area contributed by atoms with Crippen molar-refractivity contribution in [3.05, 3.63) is 47.2 Å². The number of benzene rings is 1. The predicted octanol–water partition coefficient (Wildman–Crippen LogP) is 4.09. The molecule has 3 nitrogen and oxygen atoms in total. The maximum atomic E-state index is 6.02. The highest BCUT2D eigenvalue weighted by molar-refractivity contribution is 6.32. The van der Waals surface area contributed by atoms with Gasteiger partial charge in [-0.1, -0.05) is 30.7 Å². The summed E-state index contributed by atoms with van der Waals surface area (Å²) in [6, 6.07) is 9.84. The van der Waals surface area contributed by atoms with E-state index in [2.05, 4.69) is 18.9 Å². The van der Waals surface area contributed by atoms with Gasteiger partial charge in [0.25, 0.3) is 0 Å². The van der Waals surface area contributed by atoms with Crippen molar-refractivity contribution in [1.29, 1.82) is 0 Å². The number of hydrogen-bond donors (Lipinski definition) is 0. The Morgan fingerprint density at radius 3 is 2.83 bits per heavy atom. The van der Waals surface area contributed by atoms with E-state index < -0.39 is 0 Å². The van der Waals surface area contributed by atoms with Crippen LogP contribution in [-0.2, 0) is 6.61 Å². The Kier molecular flexibility index (Phi) is 4.26. The minimum absolute atomic E-state index is 0.416. The number of hydrogen-bond acceptors (Lipinski definition) is 2. The molecule has 4 heteroatoms. The second kappa shape index (κ2) is 5.91. The summed E-state index contributed by atoms with van der Waals surface area (Å²) in [4.78, 5) is 0. The Morgan fingerprint density at radius 2 is 2.11 bits per heavy atom. The van der Waals surface area contributed by atoms with E-state index in [0.717, 1.165) is 12.1 Å². The minimum atomic E-state index is 0.416. The molecule has 18 heavy (non-hydrogen) atoms. The fourth-order valence-electron chi connectivity index (χ4n) is 1.60. The van der Waals surface area contributed by atoms with Crippen LogP contribution in [0.25, 0.3) is 0 Å². The fraction of sp³-hybridized carbons (Fsp3) is 0.357. The van der Waals surface area contributed by atoms with Crippen LogP contribution in [-0.4, -0.2) is 9.78 Å². The van der Waals surface area contributed by atoms with Gasteiger partial charge >= 0.3 is 0 Å². The van der Waals surface area contributed by atoms with Crippen LogP contribution in [0.3, 0.4) is 0 Å². The molecule has 0 radical (unpaired) electrons. The first-order chi connectivity index (χ1) is 8.70. The molecule has 1 atom stereocenters. The Morgan fingerprint density at radius 1 is 1.33 bits per heavy atom. The van der Waals surface area contributed by atoms with Crippen molar-refractivity contribution in [2.75, 3.05) is 0 Å². The van der Waals surface area contributed by atoms with Crippen molar-refractivity contribution in [3.8, 4) is 5.75 Å². The van der Waals surface area contributed by atoms with E-state index in [1.54, 1.807) is 0 Å². The Labute approximate surface area is 112 Å². The van der Waals surface area contributed by atoms with Crippen molar-refractivity contribution in [1.82, 2.24) is 9.78 Å². The fourth-order valence-corrected chi connectivity index (χ4v) is 1.79. The van der Waals surface area contributed by atoms with Crippen LogP contribution in [0.2, 0.25) is 5.02 Å². The summed E-state index contributed by atoms with van der Waals surface area (Å²) in [6.45, 7) is 4.73. The largest absolute Gasteiger partial charge is 0.486 e. The third-order valence-corrected chi connectivity index (χ3v) is 3.23. The van der Waals surface area contributed by atoms with Gasteiger partial charge in [0.05, 0.1) is 10.7 Å². The maximum absolute atomic E-state index is 6.02. The lowest BCUT2D eigenvalue weighted by Gasteiger charge is -2.08. The molecule has 2 aromatic rings. The van der Waals surface area contributed by atoms with Crippen LogP contribution >= 0.6 is 11.6 Å². The summed E-state index contributed by atoms with van der Waals surface area (Å²) in [7, 11) is 0. The molecular weight excluding hydrogens is 248 g/mol. The molecule has 0 bridgehead atoms. The number of para-hydroxylation sites is 1. The highest BCUT2D eigenvalue weighted by Crippen LogP contribution is 2.23. The molecule has 0 fully saturated rings. The maximum Gasteiger partial charge on any atom is 0.138 e. The molecule has 2 rings (SSSR count). The molecule has 0 aliphatic heterocycles. The Hall–Kier alpha value is -1.48. The molecule has 1 unspecified atom stereocenters. The number of aromatic nitrogens is 2. The first-order valence-corrected chi connectivity index (χ1v) is 6.50. The van der Waals surface area contributed by atoms with Crippen molar-refractivity contribution in [2.45, 2.75) is 32.9 Å². The third kappa shape index (κ3) is 3.05. The van der Waals surface area contributed by atoms with Gasteiger partial charge < -0.3 is 4.74 Å². The molecule has 0 amide bonds. The smallest absolute Gasteiger partial charge is 0.138 e. The van der Waals surface area contributed by atoms with Crippen molar-refractivity contribution >= 4 is 11.6 Å². The Bertz CT molecular complexity index is 510. The zero-order valence-electron chi connectivity index (χ0n) is 10.6. The third-order valence-electron chi connectivity index (χ3n) is 2.92. The molecule has 0 aliphatic rings. The normalized spacial score (nSPS) is 12.4. The van der Waals surface area contributed by atoms with E-state index in [4.69, 9.17) is 16.3 Å². The summed E-state index contributed by atoms with van der Waals surface area (Å²) >= 11 is 6.02. The molecule has 0 N–H and O–H groups in total. The molecule has 1 aromatic carbocycles. The number of ether oxygens (including phenoxy) is 1. The molecule has 0 spiro atoms. The van der Waals surface area contributed by atoms with E-state index in [0.29, 0.717) is 23.4 Å². The first kappa shape index (κ1) is 13.0. The molecule has 0 aliphatic carbocycles. The van der Waals surface area contributed by atoms with Gasteiger partial charge in [-0.25, -0.2) is 0 Å². The van der Waals surface area contributed by atoms with Gasteiger partial charge in [0, 0.05) is 12.2 Å². The van der Waals surface area contributed by atoms with E-state index in [9.17, 15) is 0 Å². The molecule has 1 aromatic heterocycles. The van der Waals surface area contributed by atoms with Crippen LogP contribution in [0.5, 0.6) is 5.75 Å². The zero-order chi connectivity index (χ0) is 13.0. The molecular formula is C14H17ClN2O. The minimum Gasteiger partial charge on any atom is -0.486 e. The highest BCUT2D eigenvalue weighted by Gasteiger charge is 2.06. The SMILES string of the molecule is CCC(C)n1ccc(COc2ccccc2Cl)n1. The summed E-state index contributed by atoms with van der Waals surface area (Å²) in [5.74, 6) is 0.692. The molecule has 1 heterocycles. The lowest BCUT2D eigenvalue weighted by atomic mass is 10.3. The summed E-state index contributed by atoms with van der Waals surface area (Å²) in [5, 5.41) is 5.10. The average molecular weight is 265 g/mol. The lowest BCUT2D eigenvalue weighted by molar-refractivity contribution is 0.298. The van der Waals surface area contributed by atoms with Gasteiger partial charge in [0.15, 0.2) is 0 Å². The van der Waals surface area contributed by atoms with E-state index in [1.165, 1.54) is 0 Å². The zero-order valence-corrected chi connectivity index (χ0v) is 11.4. The number of halogens is 1. The first-order valence-electron chi connectivity index (χ1n) is 6.12. The van der Waals surface area contributed by atoms with Gasteiger partial charge in [0.1, 0.15) is 12.4 Å². The second-order valence-corrected chi connectivity index (χ2v) is 4.67. The van der Waals surface area contributed by atoms with E-state index >= 15 is 0 Å². The summed E-state index contributed by atoms with van der Waals surface area (Å²) in [6.07, 6.45) is 3.05. The van der Waals surface area contributed by atoms with Crippen LogP contribution in [0.4, 0.5) is 0 Å². The number of rotatable bonds is 5.